The zero-order valence-corrected chi connectivity index (χ0v) is 15.2. The van der Waals surface area contributed by atoms with Crippen molar-refractivity contribution >= 4 is 44.1 Å². The molecule has 0 unspecified atom stereocenters. The molecule has 0 spiro atoms. The summed E-state index contributed by atoms with van der Waals surface area (Å²) in [6, 6.07) is 10.1. The van der Waals surface area contributed by atoms with E-state index >= 15 is 0 Å². The van der Waals surface area contributed by atoms with Gasteiger partial charge < -0.3 is 14.2 Å². The average Bonchev–Trinajstić information content (AvgIpc) is 2.54. The molecule has 0 aliphatic heterocycles. The summed E-state index contributed by atoms with van der Waals surface area (Å²) in [5.41, 5.74) is 0.225. The SMILES string of the molecule is COc1cccc(C=O)c1OC(=O)COc1ccc(Br)cc1Br. The number of ether oxygens (including phenoxy) is 3. The molecule has 0 bridgehead atoms. The van der Waals surface area contributed by atoms with Gasteiger partial charge in [-0.1, -0.05) is 22.0 Å². The van der Waals surface area contributed by atoms with Crippen LogP contribution in [-0.4, -0.2) is 26.0 Å². The minimum Gasteiger partial charge on any atom is -0.493 e. The summed E-state index contributed by atoms with van der Waals surface area (Å²) in [7, 11) is 1.43. The molecule has 120 valence electrons. The first-order valence-corrected chi connectivity index (χ1v) is 8.04. The number of benzene rings is 2. The van der Waals surface area contributed by atoms with E-state index in [1.54, 1.807) is 30.3 Å². The molecule has 0 heterocycles. The molecule has 0 fully saturated rings. The van der Waals surface area contributed by atoms with Crippen molar-refractivity contribution in [1.82, 2.24) is 0 Å². The number of carbonyl (C=O) groups excluding carboxylic acids is 2. The van der Waals surface area contributed by atoms with Gasteiger partial charge in [0, 0.05) is 4.47 Å². The van der Waals surface area contributed by atoms with E-state index in [-0.39, 0.29) is 17.9 Å². The highest BCUT2D eigenvalue weighted by molar-refractivity contribution is 9.11. The molecule has 2 rings (SSSR count). The number of hydrogen-bond acceptors (Lipinski definition) is 5. The number of para-hydroxylation sites is 1. The zero-order chi connectivity index (χ0) is 16.8. The Morgan fingerprint density at radius 3 is 2.61 bits per heavy atom. The van der Waals surface area contributed by atoms with E-state index in [0.29, 0.717) is 22.3 Å². The van der Waals surface area contributed by atoms with E-state index < -0.39 is 5.97 Å². The number of aldehydes is 1. The van der Waals surface area contributed by atoms with Gasteiger partial charge >= 0.3 is 5.97 Å². The zero-order valence-electron chi connectivity index (χ0n) is 12.0. The normalized spacial score (nSPS) is 10.0. The van der Waals surface area contributed by atoms with Crippen molar-refractivity contribution in [3.63, 3.8) is 0 Å². The Bertz CT molecular complexity index is 730. The first-order valence-electron chi connectivity index (χ1n) is 6.46. The summed E-state index contributed by atoms with van der Waals surface area (Å²) < 4.78 is 17.3. The van der Waals surface area contributed by atoms with Crippen molar-refractivity contribution in [3.8, 4) is 17.2 Å². The molecule has 0 atom stereocenters. The minimum absolute atomic E-state index is 0.0773. The van der Waals surface area contributed by atoms with Crippen LogP contribution in [0.5, 0.6) is 17.2 Å². The fraction of sp³-hybridized carbons (Fsp3) is 0.125. The first kappa shape index (κ1) is 17.5. The third-order valence-electron chi connectivity index (χ3n) is 2.81. The molecule has 0 aliphatic carbocycles. The van der Waals surface area contributed by atoms with Gasteiger partial charge in [-0.3, -0.25) is 4.79 Å². The molecular weight excluding hydrogens is 432 g/mol. The fourth-order valence-electron chi connectivity index (χ4n) is 1.77. The van der Waals surface area contributed by atoms with Crippen molar-refractivity contribution < 1.29 is 23.8 Å². The maximum absolute atomic E-state index is 12.0. The van der Waals surface area contributed by atoms with Gasteiger partial charge in [-0.2, -0.15) is 0 Å². The number of rotatable bonds is 6. The third-order valence-corrected chi connectivity index (χ3v) is 3.92. The van der Waals surface area contributed by atoms with E-state index in [4.69, 9.17) is 14.2 Å². The summed E-state index contributed by atoms with van der Waals surface area (Å²) in [4.78, 5) is 23.0. The molecule has 2 aromatic rings. The van der Waals surface area contributed by atoms with Crippen LogP contribution < -0.4 is 14.2 Å². The maximum Gasteiger partial charge on any atom is 0.349 e. The second kappa shape index (κ2) is 8.12. The summed E-state index contributed by atoms with van der Waals surface area (Å²) in [6.45, 7) is -0.309. The van der Waals surface area contributed by atoms with E-state index in [0.717, 1.165) is 4.47 Å². The molecule has 0 amide bonds. The van der Waals surface area contributed by atoms with E-state index in [1.165, 1.54) is 13.2 Å². The quantitative estimate of drug-likeness (QED) is 0.383. The lowest BCUT2D eigenvalue weighted by atomic mass is 10.2. The smallest absolute Gasteiger partial charge is 0.349 e. The summed E-state index contributed by atoms with van der Waals surface area (Å²) in [6.07, 6.45) is 0.595. The van der Waals surface area contributed by atoms with Crippen molar-refractivity contribution in [1.29, 1.82) is 0 Å². The monoisotopic (exact) mass is 442 g/mol. The van der Waals surface area contributed by atoms with Gasteiger partial charge in [0.1, 0.15) is 5.75 Å². The molecule has 7 heteroatoms. The lowest BCUT2D eigenvalue weighted by Crippen LogP contribution is -2.19. The van der Waals surface area contributed by atoms with Crippen LogP contribution in [0.2, 0.25) is 0 Å². The predicted molar refractivity (Wildman–Crippen MR) is 91.4 cm³/mol. The van der Waals surface area contributed by atoms with Crippen LogP contribution in [0.25, 0.3) is 0 Å². The Balaban J connectivity index is 2.07. The Labute approximate surface area is 149 Å². The molecule has 0 aromatic heterocycles. The third kappa shape index (κ3) is 4.56. The Morgan fingerprint density at radius 2 is 1.96 bits per heavy atom. The van der Waals surface area contributed by atoms with Gasteiger partial charge in [-0.15, -0.1) is 0 Å². The second-order valence-corrected chi connectivity index (χ2v) is 6.10. The highest BCUT2D eigenvalue weighted by atomic mass is 79.9. The standard InChI is InChI=1S/C16H12Br2O5/c1-21-14-4-2-3-10(8-19)16(14)23-15(20)9-22-13-6-5-11(17)7-12(13)18/h2-8H,9H2,1H3. The van der Waals surface area contributed by atoms with Crippen LogP contribution in [0, 0.1) is 0 Å². The van der Waals surface area contributed by atoms with E-state index in [2.05, 4.69) is 31.9 Å². The number of hydrogen-bond donors (Lipinski definition) is 0. The van der Waals surface area contributed by atoms with Crippen molar-refractivity contribution in [2.75, 3.05) is 13.7 Å². The average molecular weight is 444 g/mol. The van der Waals surface area contributed by atoms with Crippen LogP contribution in [0.1, 0.15) is 10.4 Å². The molecule has 0 N–H and O–H groups in total. The van der Waals surface area contributed by atoms with Gasteiger partial charge in [0.05, 0.1) is 17.1 Å². The van der Waals surface area contributed by atoms with E-state index in [9.17, 15) is 9.59 Å². The molecule has 0 radical (unpaired) electrons. The number of carbonyl (C=O) groups is 2. The number of halogens is 2. The lowest BCUT2D eigenvalue weighted by Gasteiger charge is -2.12. The Morgan fingerprint density at radius 1 is 1.17 bits per heavy atom. The summed E-state index contributed by atoms with van der Waals surface area (Å²) in [5.74, 6) is 0.231. The van der Waals surface area contributed by atoms with Gasteiger partial charge in [0.2, 0.25) is 0 Å². The van der Waals surface area contributed by atoms with Crippen molar-refractivity contribution in [2.24, 2.45) is 0 Å². The Hall–Kier alpha value is -1.86. The highest BCUT2D eigenvalue weighted by Gasteiger charge is 2.15. The van der Waals surface area contributed by atoms with Crippen molar-refractivity contribution in [3.05, 3.63) is 50.9 Å². The molecule has 23 heavy (non-hydrogen) atoms. The van der Waals surface area contributed by atoms with Gasteiger partial charge in [-0.25, -0.2) is 4.79 Å². The van der Waals surface area contributed by atoms with Crippen LogP contribution >= 0.6 is 31.9 Å². The molecular formula is C16H12Br2O5. The lowest BCUT2D eigenvalue weighted by molar-refractivity contribution is -0.136. The molecule has 2 aromatic carbocycles. The van der Waals surface area contributed by atoms with Gasteiger partial charge in [0.25, 0.3) is 0 Å². The molecule has 0 aliphatic rings. The fourth-order valence-corrected chi connectivity index (χ4v) is 2.93. The number of methoxy groups -OCH3 is 1. The summed E-state index contributed by atoms with van der Waals surface area (Å²) in [5, 5.41) is 0. The van der Waals surface area contributed by atoms with Crippen LogP contribution in [-0.2, 0) is 4.79 Å². The summed E-state index contributed by atoms with van der Waals surface area (Å²) >= 11 is 6.66. The van der Waals surface area contributed by atoms with Crippen LogP contribution in [0.15, 0.2) is 45.3 Å². The number of esters is 1. The van der Waals surface area contributed by atoms with Crippen LogP contribution in [0.3, 0.4) is 0 Å². The van der Waals surface area contributed by atoms with Gasteiger partial charge in [-0.05, 0) is 46.3 Å². The largest absolute Gasteiger partial charge is 0.493 e. The second-order valence-electron chi connectivity index (χ2n) is 4.33. The highest BCUT2D eigenvalue weighted by Crippen LogP contribution is 2.31. The molecule has 0 saturated carbocycles. The molecule has 0 saturated heterocycles. The van der Waals surface area contributed by atoms with E-state index in [1.807, 2.05) is 0 Å². The molecule has 5 nitrogen and oxygen atoms in total. The Kier molecular flexibility index (Phi) is 6.18. The van der Waals surface area contributed by atoms with Crippen LogP contribution in [0.4, 0.5) is 0 Å². The minimum atomic E-state index is -0.646. The topological polar surface area (TPSA) is 61.8 Å². The first-order chi connectivity index (χ1) is 11.0. The predicted octanol–water partition coefficient (Wildman–Crippen LogP) is 4.02. The van der Waals surface area contributed by atoms with Gasteiger partial charge in [0.15, 0.2) is 24.4 Å². The maximum atomic E-state index is 12.0. The van der Waals surface area contributed by atoms with Crippen molar-refractivity contribution in [2.45, 2.75) is 0 Å².